The fourth-order valence-corrected chi connectivity index (χ4v) is 3.14. The van der Waals surface area contributed by atoms with Crippen molar-refractivity contribution in [3.8, 4) is 5.75 Å². The van der Waals surface area contributed by atoms with Crippen LogP contribution in [0, 0.1) is 5.92 Å². The molecule has 2 atom stereocenters. The first-order chi connectivity index (χ1) is 10.7. The Morgan fingerprint density at radius 2 is 2.17 bits per heavy atom. The lowest BCUT2D eigenvalue weighted by molar-refractivity contribution is -0.136. The maximum Gasteiger partial charge on any atom is 0.226 e. The van der Waals surface area contributed by atoms with Crippen molar-refractivity contribution in [2.45, 2.75) is 38.3 Å². The largest absolute Gasteiger partial charge is 0.496 e. The van der Waals surface area contributed by atoms with Crippen LogP contribution in [0.15, 0.2) is 36.9 Å². The number of para-hydroxylation sites is 1. The monoisotopic (exact) mass is 338 g/mol. The minimum Gasteiger partial charge on any atom is -0.496 e. The summed E-state index contributed by atoms with van der Waals surface area (Å²) < 4.78 is 5.38. The molecule has 0 bridgehead atoms. The Labute approximate surface area is 145 Å². The van der Waals surface area contributed by atoms with Crippen molar-refractivity contribution >= 4 is 18.3 Å². The van der Waals surface area contributed by atoms with Crippen LogP contribution >= 0.6 is 12.4 Å². The average Bonchev–Trinajstić information content (AvgIpc) is 2.54. The first kappa shape index (κ1) is 19.5. The van der Waals surface area contributed by atoms with Gasteiger partial charge >= 0.3 is 0 Å². The van der Waals surface area contributed by atoms with Crippen molar-refractivity contribution in [2.24, 2.45) is 11.7 Å². The number of halogens is 1. The summed E-state index contributed by atoms with van der Waals surface area (Å²) in [5, 5.41) is 0. The predicted octanol–water partition coefficient (Wildman–Crippen LogP) is 3.15. The molecule has 1 amide bonds. The maximum absolute atomic E-state index is 12.8. The van der Waals surface area contributed by atoms with Gasteiger partial charge in [-0.25, -0.2) is 0 Å². The summed E-state index contributed by atoms with van der Waals surface area (Å²) >= 11 is 0. The van der Waals surface area contributed by atoms with E-state index in [4.69, 9.17) is 10.5 Å². The van der Waals surface area contributed by atoms with Crippen LogP contribution in [-0.4, -0.2) is 30.5 Å². The maximum atomic E-state index is 12.8. The number of hydrogen-bond acceptors (Lipinski definition) is 3. The first-order valence-corrected chi connectivity index (χ1v) is 7.92. The smallest absolute Gasteiger partial charge is 0.226 e. The lowest BCUT2D eigenvalue weighted by atomic mass is 9.85. The van der Waals surface area contributed by atoms with E-state index in [9.17, 15) is 4.79 Å². The molecule has 0 saturated heterocycles. The van der Waals surface area contributed by atoms with Gasteiger partial charge in [0.15, 0.2) is 0 Å². The molecule has 0 heterocycles. The number of nitrogens with zero attached hydrogens (tertiary/aromatic N) is 1. The molecule has 1 aliphatic rings. The highest BCUT2D eigenvalue weighted by molar-refractivity contribution is 5.85. The zero-order chi connectivity index (χ0) is 15.9. The second-order valence-electron chi connectivity index (χ2n) is 5.94. The molecule has 0 unspecified atom stereocenters. The Kier molecular flexibility index (Phi) is 8.13. The number of methoxy groups -OCH3 is 1. The Hall–Kier alpha value is -1.52. The van der Waals surface area contributed by atoms with Crippen molar-refractivity contribution in [1.29, 1.82) is 0 Å². The van der Waals surface area contributed by atoms with Gasteiger partial charge in [0.2, 0.25) is 5.91 Å². The van der Waals surface area contributed by atoms with E-state index in [2.05, 4.69) is 6.58 Å². The van der Waals surface area contributed by atoms with E-state index in [0.29, 0.717) is 13.1 Å². The lowest BCUT2D eigenvalue weighted by Gasteiger charge is -2.31. The van der Waals surface area contributed by atoms with Crippen molar-refractivity contribution < 1.29 is 9.53 Å². The molecular weight excluding hydrogens is 312 g/mol. The zero-order valence-electron chi connectivity index (χ0n) is 13.7. The number of ether oxygens (including phenoxy) is 1. The lowest BCUT2D eigenvalue weighted by Crippen LogP contribution is -2.40. The van der Waals surface area contributed by atoms with Gasteiger partial charge in [-0.2, -0.15) is 0 Å². The molecular formula is C18H27ClN2O2. The molecule has 2 N–H and O–H groups in total. The predicted molar refractivity (Wildman–Crippen MR) is 95.8 cm³/mol. The van der Waals surface area contributed by atoms with Crippen molar-refractivity contribution in [1.82, 2.24) is 4.90 Å². The molecule has 0 aliphatic heterocycles. The fraction of sp³-hybridized carbons (Fsp3) is 0.500. The third-order valence-electron chi connectivity index (χ3n) is 4.28. The third-order valence-corrected chi connectivity index (χ3v) is 4.28. The number of amides is 1. The van der Waals surface area contributed by atoms with E-state index >= 15 is 0 Å². The quantitative estimate of drug-likeness (QED) is 0.811. The number of hydrogen-bond donors (Lipinski definition) is 1. The van der Waals surface area contributed by atoms with Crippen LogP contribution in [0.3, 0.4) is 0 Å². The average molecular weight is 339 g/mol. The van der Waals surface area contributed by atoms with Gasteiger partial charge in [0.1, 0.15) is 5.75 Å². The van der Waals surface area contributed by atoms with Gasteiger partial charge in [-0.3, -0.25) is 4.79 Å². The highest BCUT2D eigenvalue weighted by Gasteiger charge is 2.28. The summed E-state index contributed by atoms with van der Waals surface area (Å²) in [6.07, 6.45) is 5.56. The van der Waals surface area contributed by atoms with Gasteiger partial charge < -0.3 is 15.4 Å². The third kappa shape index (κ3) is 5.26. The molecule has 4 nitrogen and oxygen atoms in total. The summed E-state index contributed by atoms with van der Waals surface area (Å²) in [7, 11) is 1.65. The summed E-state index contributed by atoms with van der Waals surface area (Å²) in [6, 6.07) is 7.96. The topological polar surface area (TPSA) is 55.6 Å². The van der Waals surface area contributed by atoms with Crippen LogP contribution < -0.4 is 10.5 Å². The fourth-order valence-electron chi connectivity index (χ4n) is 3.14. The second-order valence-corrected chi connectivity index (χ2v) is 5.94. The van der Waals surface area contributed by atoms with E-state index in [0.717, 1.165) is 37.0 Å². The minimum absolute atomic E-state index is 0. The number of nitrogens with two attached hydrogens (primary N) is 1. The normalized spacial score (nSPS) is 20.3. The van der Waals surface area contributed by atoms with E-state index in [1.807, 2.05) is 29.2 Å². The van der Waals surface area contributed by atoms with Crippen LogP contribution in [0.1, 0.15) is 31.2 Å². The van der Waals surface area contributed by atoms with E-state index in [1.54, 1.807) is 13.2 Å². The Morgan fingerprint density at radius 1 is 1.43 bits per heavy atom. The summed E-state index contributed by atoms with van der Waals surface area (Å²) in [6.45, 7) is 4.86. The zero-order valence-corrected chi connectivity index (χ0v) is 14.6. The van der Waals surface area contributed by atoms with E-state index in [1.165, 1.54) is 0 Å². The Morgan fingerprint density at radius 3 is 2.83 bits per heavy atom. The Bertz CT molecular complexity index is 521. The van der Waals surface area contributed by atoms with Crippen molar-refractivity contribution in [3.63, 3.8) is 0 Å². The Balaban J connectivity index is 0.00000264. The second kappa shape index (κ2) is 9.58. The molecule has 1 saturated carbocycles. The molecule has 5 heteroatoms. The molecule has 1 aromatic carbocycles. The number of carbonyl (C=O) groups excluding carboxylic acids is 1. The molecule has 2 rings (SSSR count). The van der Waals surface area contributed by atoms with Crippen LogP contribution in [0.4, 0.5) is 0 Å². The standard InChI is InChI=1S/C18H26N2O2.ClH/c1-3-11-20(13-15-7-4-5-10-17(15)22-2)18(21)14-8-6-9-16(19)12-14;/h3-5,7,10,14,16H,1,6,8-9,11-13,19H2,2H3;1H/t14-,16+;/m1./s1. The van der Waals surface area contributed by atoms with Crippen LogP contribution in [0.2, 0.25) is 0 Å². The minimum atomic E-state index is 0. The van der Waals surface area contributed by atoms with Gasteiger partial charge in [0.25, 0.3) is 0 Å². The molecule has 23 heavy (non-hydrogen) atoms. The van der Waals surface area contributed by atoms with E-state index in [-0.39, 0.29) is 30.3 Å². The molecule has 0 spiro atoms. The van der Waals surface area contributed by atoms with Crippen molar-refractivity contribution in [2.75, 3.05) is 13.7 Å². The van der Waals surface area contributed by atoms with Gasteiger partial charge in [-0.05, 0) is 25.3 Å². The number of rotatable bonds is 6. The summed E-state index contributed by atoms with van der Waals surface area (Å²) in [4.78, 5) is 14.7. The highest BCUT2D eigenvalue weighted by Crippen LogP contribution is 2.27. The SMILES string of the molecule is C=CCN(Cc1ccccc1OC)C(=O)[C@@H]1CCC[C@H](N)C1.Cl. The van der Waals surface area contributed by atoms with Crippen LogP contribution in [-0.2, 0) is 11.3 Å². The number of carbonyl (C=O) groups is 1. The molecule has 128 valence electrons. The van der Waals surface area contributed by atoms with Gasteiger partial charge in [0, 0.05) is 30.6 Å². The number of benzene rings is 1. The molecule has 1 aromatic rings. The van der Waals surface area contributed by atoms with Gasteiger partial charge in [-0.15, -0.1) is 19.0 Å². The van der Waals surface area contributed by atoms with Crippen LogP contribution in [0.25, 0.3) is 0 Å². The summed E-state index contributed by atoms with van der Waals surface area (Å²) in [5.74, 6) is 1.03. The van der Waals surface area contributed by atoms with E-state index < -0.39 is 0 Å². The van der Waals surface area contributed by atoms with Crippen LogP contribution in [0.5, 0.6) is 5.75 Å². The highest BCUT2D eigenvalue weighted by atomic mass is 35.5. The molecule has 0 radical (unpaired) electrons. The van der Waals surface area contributed by atoms with Gasteiger partial charge in [-0.1, -0.05) is 30.7 Å². The molecule has 0 aromatic heterocycles. The first-order valence-electron chi connectivity index (χ1n) is 7.92. The molecule has 1 aliphatic carbocycles. The summed E-state index contributed by atoms with van der Waals surface area (Å²) in [5.41, 5.74) is 7.04. The van der Waals surface area contributed by atoms with Gasteiger partial charge in [0.05, 0.1) is 7.11 Å². The van der Waals surface area contributed by atoms with Crippen molar-refractivity contribution in [3.05, 3.63) is 42.5 Å². The molecule has 1 fully saturated rings.